The fourth-order valence-corrected chi connectivity index (χ4v) is 4.66. The number of fused-ring (bicyclic) bond motifs is 2. The molecule has 0 unspecified atom stereocenters. The summed E-state index contributed by atoms with van der Waals surface area (Å²) in [6.07, 6.45) is -2.49. The van der Waals surface area contributed by atoms with Gasteiger partial charge >= 0.3 is 6.29 Å². The molecule has 3 aromatic carbocycles. The van der Waals surface area contributed by atoms with Crippen LogP contribution in [0, 0.1) is 6.92 Å². The molecule has 1 saturated carbocycles. The van der Waals surface area contributed by atoms with Crippen molar-refractivity contribution in [3.63, 3.8) is 0 Å². The van der Waals surface area contributed by atoms with Crippen LogP contribution in [0.4, 0.5) is 14.5 Å². The molecule has 0 bridgehead atoms. The first-order chi connectivity index (χ1) is 16.2. The monoisotopic (exact) mass is 462 g/mol. The summed E-state index contributed by atoms with van der Waals surface area (Å²) in [4.78, 5) is 25.3. The fraction of sp³-hybridized carbons (Fsp3) is 0.231. The van der Waals surface area contributed by atoms with Crippen LogP contribution in [0.3, 0.4) is 0 Å². The molecule has 2 amide bonds. The lowest BCUT2D eigenvalue weighted by Crippen LogP contribution is -2.28. The molecule has 3 aromatic rings. The topological polar surface area (TPSA) is 76.7 Å². The van der Waals surface area contributed by atoms with E-state index in [4.69, 9.17) is 0 Å². The Bertz CT molecular complexity index is 1380. The molecule has 0 spiro atoms. The van der Waals surface area contributed by atoms with Crippen LogP contribution in [-0.2, 0) is 16.8 Å². The van der Waals surface area contributed by atoms with Crippen molar-refractivity contribution in [2.24, 2.45) is 0 Å². The second kappa shape index (κ2) is 7.03. The van der Waals surface area contributed by atoms with Gasteiger partial charge in [0.15, 0.2) is 11.5 Å². The molecular formula is C26H20F2N2O4. The Kier molecular flexibility index (Phi) is 4.27. The van der Waals surface area contributed by atoms with Crippen LogP contribution in [0.15, 0.2) is 54.6 Å². The number of anilines is 1. The van der Waals surface area contributed by atoms with Crippen LogP contribution in [0.5, 0.6) is 11.5 Å². The van der Waals surface area contributed by atoms with Crippen molar-refractivity contribution in [3.8, 4) is 22.6 Å². The van der Waals surface area contributed by atoms with E-state index in [9.17, 15) is 18.4 Å². The second-order valence-corrected chi connectivity index (χ2v) is 8.95. The van der Waals surface area contributed by atoms with Crippen molar-refractivity contribution in [2.45, 2.75) is 38.0 Å². The first kappa shape index (κ1) is 20.7. The van der Waals surface area contributed by atoms with E-state index >= 15 is 0 Å². The number of nitrogens with one attached hydrogen (secondary N) is 2. The lowest BCUT2D eigenvalue weighted by atomic mass is 9.93. The maximum atomic E-state index is 13.4. The summed E-state index contributed by atoms with van der Waals surface area (Å²) in [5, 5.41) is 5.81. The molecule has 6 nitrogen and oxygen atoms in total. The first-order valence-corrected chi connectivity index (χ1v) is 11.0. The van der Waals surface area contributed by atoms with E-state index in [1.807, 2.05) is 43.3 Å². The van der Waals surface area contributed by atoms with Gasteiger partial charge in [-0.05, 0) is 77.9 Å². The van der Waals surface area contributed by atoms with Gasteiger partial charge in [-0.15, -0.1) is 8.78 Å². The SMILES string of the molecule is Cc1ccc(NC(=O)C2(c3ccc4c(c3)OC(F)(F)O4)CC2)cc1-c1ccc2c(c1)C(=O)NC2. The van der Waals surface area contributed by atoms with E-state index in [1.54, 1.807) is 6.07 Å². The van der Waals surface area contributed by atoms with Crippen LogP contribution >= 0.6 is 0 Å². The number of halogens is 2. The lowest BCUT2D eigenvalue weighted by molar-refractivity contribution is -0.286. The van der Waals surface area contributed by atoms with Crippen molar-refractivity contribution in [1.29, 1.82) is 0 Å². The van der Waals surface area contributed by atoms with E-state index in [0.717, 1.165) is 22.3 Å². The number of carbonyl (C=O) groups excluding carboxylic acids is 2. The quantitative estimate of drug-likeness (QED) is 0.579. The number of benzene rings is 3. The summed E-state index contributed by atoms with van der Waals surface area (Å²) in [7, 11) is 0. The standard InChI is InChI=1S/C26H20F2N2O4/c1-14-2-6-18(12-19(14)15-3-4-16-13-29-23(31)20(16)10-15)30-24(32)25(8-9-25)17-5-7-21-22(11-17)34-26(27,28)33-21/h2-7,10-12H,8-9,13H2,1H3,(H,29,31)(H,30,32). The van der Waals surface area contributed by atoms with Crippen LogP contribution < -0.4 is 20.1 Å². The van der Waals surface area contributed by atoms with Gasteiger partial charge in [0.25, 0.3) is 5.91 Å². The van der Waals surface area contributed by atoms with Gasteiger partial charge in [0.1, 0.15) is 0 Å². The molecule has 1 fully saturated rings. The van der Waals surface area contributed by atoms with Crippen LogP contribution in [0.25, 0.3) is 11.1 Å². The molecule has 8 heteroatoms. The number of ether oxygens (including phenoxy) is 2. The van der Waals surface area contributed by atoms with E-state index < -0.39 is 11.7 Å². The van der Waals surface area contributed by atoms with Gasteiger partial charge in [0.2, 0.25) is 5.91 Å². The van der Waals surface area contributed by atoms with Gasteiger partial charge < -0.3 is 20.1 Å². The molecule has 1 aliphatic carbocycles. The van der Waals surface area contributed by atoms with Crippen LogP contribution in [0.1, 0.15) is 39.9 Å². The van der Waals surface area contributed by atoms with Gasteiger partial charge in [-0.2, -0.15) is 0 Å². The van der Waals surface area contributed by atoms with Crippen molar-refractivity contribution in [1.82, 2.24) is 5.32 Å². The highest BCUT2D eigenvalue weighted by Crippen LogP contribution is 2.52. The molecule has 0 atom stereocenters. The van der Waals surface area contributed by atoms with Gasteiger partial charge in [-0.1, -0.05) is 24.3 Å². The summed E-state index contributed by atoms with van der Waals surface area (Å²) in [6, 6.07) is 15.9. The lowest BCUT2D eigenvalue weighted by Gasteiger charge is -2.17. The van der Waals surface area contributed by atoms with Gasteiger partial charge in [0, 0.05) is 17.8 Å². The van der Waals surface area contributed by atoms with Crippen LogP contribution in [-0.4, -0.2) is 18.1 Å². The number of rotatable bonds is 4. The summed E-state index contributed by atoms with van der Waals surface area (Å²) >= 11 is 0. The summed E-state index contributed by atoms with van der Waals surface area (Å²) in [5.74, 6) is -0.409. The highest BCUT2D eigenvalue weighted by atomic mass is 19.3. The Labute approximate surface area is 193 Å². The third-order valence-corrected chi connectivity index (χ3v) is 6.74. The van der Waals surface area contributed by atoms with Gasteiger partial charge in [0.05, 0.1) is 5.41 Å². The average molecular weight is 462 g/mol. The first-order valence-electron chi connectivity index (χ1n) is 11.0. The summed E-state index contributed by atoms with van der Waals surface area (Å²) < 4.78 is 35.8. The molecule has 3 aliphatic rings. The molecular weight excluding hydrogens is 442 g/mol. The normalized spacial score (nSPS) is 18.3. The molecule has 34 heavy (non-hydrogen) atoms. The Balaban J connectivity index is 1.27. The van der Waals surface area contributed by atoms with E-state index in [-0.39, 0.29) is 23.3 Å². The Hall–Kier alpha value is -3.94. The van der Waals surface area contributed by atoms with Gasteiger partial charge in [-0.25, -0.2) is 0 Å². The third kappa shape index (κ3) is 3.29. The highest BCUT2D eigenvalue weighted by molar-refractivity contribution is 6.02. The maximum Gasteiger partial charge on any atom is 0.586 e. The number of hydrogen-bond acceptors (Lipinski definition) is 4. The van der Waals surface area contributed by atoms with E-state index in [1.165, 1.54) is 12.1 Å². The zero-order valence-electron chi connectivity index (χ0n) is 18.2. The predicted octanol–water partition coefficient (Wildman–Crippen LogP) is 4.90. The largest absolute Gasteiger partial charge is 0.586 e. The zero-order chi connectivity index (χ0) is 23.7. The fourth-order valence-electron chi connectivity index (χ4n) is 4.66. The highest BCUT2D eigenvalue weighted by Gasteiger charge is 2.52. The summed E-state index contributed by atoms with van der Waals surface area (Å²) in [6.45, 7) is 2.50. The average Bonchev–Trinajstić information content (AvgIpc) is 3.45. The smallest absolute Gasteiger partial charge is 0.395 e. The second-order valence-electron chi connectivity index (χ2n) is 8.95. The number of aryl methyl sites for hydroxylation is 1. The molecule has 0 aromatic heterocycles. The Morgan fingerprint density at radius 1 is 0.971 bits per heavy atom. The van der Waals surface area contributed by atoms with Crippen molar-refractivity contribution >= 4 is 17.5 Å². The number of alkyl halides is 2. The summed E-state index contributed by atoms with van der Waals surface area (Å²) in [5.41, 5.74) is 4.88. The van der Waals surface area contributed by atoms with Crippen molar-refractivity contribution in [3.05, 3.63) is 76.9 Å². The predicted molar refractivity (Wildman–Crippen MR) is 120 cm³/mol. The Morgan fingerprint density at radius 2 is 1.76 bits per heavy atom. The van der Waals surface area contributed by atoms with Crippen molar-refractivity contribution in [2.75, 3.05) is 5.32 Å². The minimum absolute atomic E-state index is 0.0452. The number of carbonyl (C=O) groups is 2. The third-order valence-electron chi connectivity index (χ3n) is 6.74. The van der Waals surface area contributed by atoms with Crippen LogP contribution in [0.2, 0.25) is 0 Å². The molecule has 2 heterocycles. The molecule has 2 N–H and O–H groups in total. The molecule has 2 aliphatic heterocycles. The zero-order valence-corrected chi connectivity index (χ0v) is 18.2. The van der Waals surface area contributed by atoms with E-state index in [0.29, 0.717) is 36.2 Å². The number of amides is 2. The van der Waals surface area contributed by atoms with Gasteiger partial charge in [-0.3, -0.25) is 9.59 Å². The molecule has 0 radical (unpaired) electrons. The minimum Gasteiger partial charge on any atom is -0.395 e. The Morgan fingerprint density at radius 3 is 2.56 bits per heavy atom. The minimum atomic E-state index is -3.70. The molecule has 172 valence electrons. The molecule has 0 saturated heterocycles. The molecule has 6 rings (SSSR count). The van der Waals surface area contributed by atoms with E-state index in [2.05, 4.69) is 20.1 Å². The van der Waals surface area contributed by atoms with Crippen molar-refractivity contribution < 1.29 is 27.8 Å². The number of hydrogen-bond donors (Lipinski definition) is 2. The maximum absolute atomic E-state index is 13.4.